The zero-order valence-electron chi connectivity index (χ0n) is 11.1. The first-order chi connectivity index (χ1) is 9.61. The Balaban J connectivity index is 2.34. The van der Waals surface area contributed by atoms with Gasteiger partial charge in [-0.25, -0.2) is 4.98 Å². The van der Waals surface area contributed by atoms with Crippen molar-refractivity contribution in [2.45, 2.75) is 13.3 Å². The molecule has 0 atom stereocenters. The number of nitrogens with one attached hydrogen (secondary N) is 1. The standard InChI is InChI=1S/C14H16BrN3O2/c1-2-20-7-6-9-4-3-5-10(8-9)12-11(15)13(19)18-14(16)17-12/h3-5,8H,2,6-7H2,1H3,(H3,16,17,18,19). The van der Waals surface area contributed by atoms with Gasteiger partial charge in [0.2, 0.25) is 5.95 Å². The second-order valence-corrected chi connectivity index (χ2v) is 5.05. The molecular formula is C14H16BrN3O2. The van der Waals surface area contributed by atoms with Crippen LogP contribution in [0.5, 0.6) is 0 Å². The molecule has 1 aromatic carbocycles. The monoisotopic (exact) mass is 337 g/mol. The molecule has 0 fully saturated rings. The number of aromatic amines is 1. The summed E-state index contributed by atoms with van der Waals surface area (Å²) >= 11 is 3.25. The Labute approximate surface area is 125 Å². The third-order valence-corrected chi connectivity index (χ3v) is 3.56. The first kappa shape index (κ1) is 14.7. The van der Waals surface area contributed by atoms with Gasteiger partial charge in [0, 0.05) is 12.2 Å². The van der Waals surface area contributed by atoms with Gasteiger partial charge < -0.3 is 10.5 Å². The van der Waals surface area contributed by atoms with Crippen LogP contribution in [-0.4, -0.2) is 23.2 Å². The van der Waals surface area contributed by atoms with Crippen molar-refractivity contribution in [3.63, 3.8) is 0 Å². The van der Waals surface area contributed by atoms with Crippen LogP contribution in [0.4, 0.5) is 5.95 Å². The molecule has 5 nitrogen and oxygen atoms in total. The number of aromatic nitrogens is 2. The largest absolute Gasteiger partial charge is 0.381 e. The van der Waals surface area contributed by atoms with E-state index in [4.69, 9.17) is 10.5 Å². The van der Waals surface area contributed by atoms with Crippen LogP contribution in [-0.2, 0) is 11.2 Å². The quantitative estimate of drug-likeness (QED) is 0.820. The summed E-state index contributed by atoms with van der Waals surface area (Å²) in [5.74, 6) is 0.105. The Morgan fingerprint density at radius 3 is 3.00 bits per heavy atom. The number of hydrogen-bond acceptors (Lipinski definition) is 4. The predicted molar refractivity (Wildman–Crippen MR) is 82.6 cm³/mol. The van der Waals surface area contributed by atoms with Gasteiger partial charge in [-0.15, -0.1) is 0 Å². The number of anilines is 1. The maximum absolute atomic E-state index is 11.7. The van der Waals surface area contributed by atoms with E-state index in [1.54, 1.807) is 0 Å². The first-order valence-electron chi connectivity index (χ1n) is 6.34. The highest BCUT2D eigenvalue weighted by atomic mass is 79.9. The van der Waals surface area contributed by atoms with E-state index < -0.39 is 0 Å². The molecule has 106 valence electrons. The van der Waals surface area contributed by atoms with Crippen LogP contribution in [0.1, 0.15) is 12.5 Å². The highest BCUT2D eigenvalue weighted by molar-refractivity contribution is 9.10. The minimum absolute atomic E-state index is 0.105. The zero-order valence-corrected chi connectivity index (χ0v) is 12.7. The van der Waals surface area contributed by atoms with Gasteiger partial charge >= 0.3 is 0 Å². The fourth-order valence-electron chi connectivity index (χ4n) is 1.88. The number of ether oxygens (including phenoxy) is 1. The van der Waals surface area contributed by atoms with Crippen molar-refractivity contribution in [3.8, 4) is 11.3 Å². The molecule has 0 aliphatic carbocycles. The summed E-state index contributed by atoms with van der Waals surface area (Å²) in [6, 6.07) is 7.84. The van der Waals surface area contributed by atoms with Crippen LogP contribution in [0, 0.1) is 0 Å². The van der Waals surface area contributed by atoms with Crippen molar-refractivity contribution in [1.29, 1.82) is 0 Å². The Bertz CT molecular complexity index is 655. The van der Waals surface area contributed by atoms with Crippen molar-refractivity contribution < 1.29 is 4.74 Å². The first-order valence-corrected chi connectivity index (χ1v) is 7.13. The molecule has 0 radical (unpaired) electrons. The number of nitrogen functional groups attached to an aromatic ring is 1. The van der Waals surface area contributed by atoms with E-state index in [2.05, 4.69) is 25.9 Å². The van der Waals surface area contributed by atoms with Crippen molar-refractivity contribution in [2.24, 2.45) is 0 Å². The zero-order chi connectivity index (χ0) is 14.5. The molecule has 0 saturated heterocycles. The van der Waals surface area contributed by atoms with Gasteiger partial charge in [-0.05, 0) is 40.9 Å². The molecule has 1 heterocycles. The average Bonchev–Trinajstić information content (AvgIpc) is 2.43. The molecule has 0 amide bonds. The second-order valence-electron chi connectivity index (χ2n) is 4.26. The Morgan fingerprint density at radius 1 is 1.45 bits per heavy atom. The van der Waals surface area contributed by atoms with Gasteiger partial charge in [0.15, 0.2) is 0 Å². The number of H-pyrrole nitrogens is 1. The summed E-state index contributed by atoms with van der Waals surface area (Å²) in [5.41, 5.74) is 7.83. The lowest BCUT2D eigenvalue weighted by atomic mass is 10.1. The number of hydrogen-bond donors (Lipinski definition) is 2. The van der Waals surface area contributed by atoms with Gasteiger partial charge in [0.05, 0.1) is 12.3 Å². The average molecular weight is 338 g/mol. The lowest BCUT2D eigenvalue weighted by Gasteiger charge is -2.07. The molecule has 3 N–H and O–H groups in total. The van der Waals surface area contributed by atoms with E-state index in [0.717, 1.165) is 17.5 Å². The van der Waals surface area contributed by atoms with E-state index in [9.17, 15) is 4.79 Å². The summed E-state index contributed by atoms with van der Waals surface area (Å²) in [6.45, 7) is 3.35. The third kappa shape index (κ3) is 3.46. The van der Waals surface area contributed by atoms with Crippen LogP contribution in [0.15, 0.2) is 33.5 Å². The van der Waals surface area contributed by atoms with Gasteiger partial charge in [-0.3, -0.25) is 9.78 Å². The van der Waals surface area contributed by atoms with Gasteiger partial charge in [-0.2, -0.15) is 0 Å². The van der Waals surface area contributed by atoms with E-state index in [1.807, 2.05) is 31.2 Å². The summed E-state index contributed by atoms with van der Waals surface area (Å²) in [5, 5.41) is 0. The molecule has 2 rings (SSSR count). The van der Waals surface area contributed by atoms with Crippen molar-refractivity contribution >= 4 is 21.9 Å². The summed E-state index contributed by atoms with van der Waals surface area (Å²) < 4.78 is 5.73. The highest BCUT2D eigenvalue weighted by Gasteiger charge is 2.10. The molecule has 0 aliphatic rings. The highest BCUT2D eigenvalue weighted by Crippen LogP contribution is 2.24. The summed E-state index contributed by atoms with van der Waals surface area (Å²) in [7, 11) is 0. The van der Waals surface area contributed by atoms with Crippen molar-refractivity contribution in [1.82, 2.24) is 9.97 Å². The van der Waals surface area contributed by atoms with Crippen LogP contribution >= 0.6 is 15.9 Å². The molecule has 0 saturated carbocycles. The SMILES string of the molecule is CCOCCc1cccc(-c2nc(N)[nH]c(=O)c2Br)c1. The molecule has 0 spiro atoms. The van der Waals surface area contributed by atoms with Crippen LogP contribution in [0.2, 0.25) is 0 Å². The van der Waals surface area contributed by atoms with Crippen molar-refractivity contribution in [2.75, 3.05) is 18.9 Å². The normalized spacial score (nSPS) is 10.7. The lowest BCUT2D eigenvalue weighted by Crippen LogP contribution is -2.13. The smallest absolute Gasteiger partial charge is 0.267 e. The number of benzene rings is 1. The van der Waals surface area contributed by atoms with Gasteiger partial charge in [-0.1, -0.05) is 18.2 Å². The van der Waals surface area contributed by atoms with Gasteiger partial charge in [0.1, 0.15) is 4.47 Å². The topological polar surface area (TPSA) is 81.0 Å². The fourth-order valence-corrected chi connectivity index (χ4v) is 2.29. The fraction of sp³-hybridized carbons (Fsp3) is 0.286. The van der Waals surface area contributed by atoms with Crippen LogP contribution in [0.25, 0.3) is 11.3 Å². The second kappa shape index (κ2) is 6.67. The molecular weight excluding hydrogens is 322 g/mol. The molecule has 6 heteroatoms. The van der Waals surface area contributed by atoms with Crippen molar-refractivity contribution in [3.05, 3.63) is 44.7 Å². The van der Waals surface area contributed by atoms with Crippen LogP contribution < -0.4 is 11.3 Å². The summed E-state index contributed by atoms with van der Waals surface area (Å²) in [4.78, 5) is 18.3. The minimum Gasteiger partial charge on any atom is -0.381 e. The molecule has 0 bridgehead atoms. The molecule has 20 heavy (non-hydrogen) atoms. The number of halogens is 1. The summed E-state index contributed by atoms with van der Waals surface area (Å²) in [6.07, 6.45) is 0.817. The van der Waals surface area contributed by atoms with Crippen LogP contribution in [0.3, 0.4) is 0 Å². The third-order valence-electron chi connectivity index (χ3n) is 2.82. The maximum atomic E-state index is 11.7. The van der Waals surface area contributed by atoms with Gasteiger partial charge in [0.25, 0.3) is 5.56 Å². The molecule has 0 aliphatic heterocycles. The Morgan fingerprint density at radius 2 is 2.25 bits per heavy atom. The van der Waals surface area contributed by atoms with E-state index in [0.29, 0.717) is 23.4 Å². The van der Waals surface area contributed by atoms with E-state index in [-0.39, 0.29) is 11.5 Å². The Kier molecular flexibility index (Phi) is 4.92. The lowest BCUT2D eigenvalue weighted by molar-refractivity contribution is 0.151. The molecule has 0 unspecified atom stereocenters. The number of rotatable bonds is 5. The molecule has 2 aromatic rings. The number of nitrogens with two attached hydrogens (primary N) is 1. The Hall–Kier alpha value is -1.66. The number of nitrogens with zero attached hydrogens (tertiary/aromatic N) is 1. The maximum Gasteiger partial charge on any atom is 0.267 e. The predicted octanol–water partition coefficient (Wildman–Crippen LogP) is 2.36. The minimum atomic E-state index is -0.285. The molecule has 1 aromatic heterocycles. The van der Waals surface area contributed by atoms with E-state index >= 15 is 0 Å². The van der Waals surface area contributed by atoms with E-state index in [1.165, 1.54) is 0 Å².